The molecule has 1 aromatic rings. The summed E-state index contributed by atoms with van der Waals surface area (Å²) in [6.45, 7) is 1.97. The summed E-state index contributed by atoms with van der Waals surface area (Å²) in [6, 6.07) is 0. The van der Waals surface area contributed by atoms with Crippen molar-refractivity contribution in [2.45, 2.75) is 25.7 Å². The first-order valence-corrected chi connectivity index (χ1v) is 6.47. The highest BCUT2D eigenvalue weighted by Gasteiger charge is 2.27. The van der Waals surface area contributed by atoms with E-state index in [4.69, 9.17) is 10.5 Å². The van der Waals surface area contributed by atoms with Gasteiger partial charge in [0, 0.05) is 10.3 Å². The van der Waals surface area contributed by atoms with Gasteiger partial charge < -0.3 is 15.2 Å². The molecule has 1 rings (SSSR count). The normalized spacial score (nSPS) is 11.9. The molecule has 18 heavy (non-hydrogen) atoms. The van der Waals surface area contributed by atoms with Crippen molar-refractivity contribution in [2.75, 3.05) is 20.0 Å². The van der Waals surface area contributed by atoms with E-state index in [9.17, 15) is 9.59 Å². The zero-order valence-corrected chi connectivity index (χ0v) is 11.5. The minimum Gasteiger partial charge on any atom is -0.469 e. The Labute approximate surface area is 110 Å². The SMILES string of the molecule is CCCC(C(=O)OC)c1scc(C(=O)OC)c1N. The quantitative estimate of drug-likeness (QED) is 0.830. The Balaban J connectivity index is 3.10. The first-order valence-electron chi connectivity index (χ1n) is 5.59. The van der Waals surface area contributed by atoms with Gasteiger partial charge in [0.2, 0.25) is 0 Å². The van der Waals surface area contributed by atoms with Crippen LogP contribution in [0.2, 0.25) is 0 Å². The number of esters is 2. The van der Waals surface area contributed by atoms with Gasteiger partial charge in [0.1, 0.15) is 0 Å². The van der Waals surface area contributed by atoms with Crippen molar-refractivity contribution in [1.29, 1.82) is 0 Å². The molecular formula is C12H17NO4S. The number of nitrogen functional groups attached to an aromatic ring is 1. The van der Waals surface area contributed by atoms with E-state index in [-0.39, 0.29) is 5.97 Å². The second-order valence-corrected chi connectivity index (χ2v) is 4.69. The predicted molar refractivity (Wildman–Crippen MR) is 69.7 cm³/mol. The van der Waals surface area contributed by atoms with Crippen molar-refractivity contribution in [2.24, 2.45) is 0 Å². The molecule has 2 N–H and O–H groups in total. The molecule has 0 aliphatic carbocycles. The number of thiophene rings is 1. The van der Waals surface area contributed by atoms with Gasteiger partial charge >= 0.3 is 11.9 Å². The number of carbonyl (C=O) groups excluding carboxylic acids is 2. The third-order valence-electron chi connectivity index (χ3n) is 2.64. The summed E-state index contributed by atoms with van der Waals surface area (Å²) < 4.78 is 9.39. The van der Waals surface area contributed by atoms with Gasteiger partial charge in [-0.15, -0.1) is 11.3 Å². The van der Waals surface area contributed by atoms with Crippen LogP contribution in [0.3, 0.4) is 0 Å². The number of carbonyl (C=O) groups is 2. The molecule has 0 bridgehead atoms. The fourth-order valence-electron chi connectivity index (χ4n) is 1.71. The average molecular weight is 271 g/mol. The van der Waals surface area contributed by atoms with E-state index in [1.54, 1.807) is 5.38 Å². The average Bonchev–Trinajstić information content (AvgIpc) is 2.76. The van der Waals surface area contributed by atoms with Crippen molar-refractivity contribution in [1.82, 2.24) is 0 Å². The lowest BCUT2D eigenvalue weighted by Gasteiger charge is -2.13. The van der Waals surface area contributed by atoms with Crippen LogP contribution in [-0.2, 0) is 14.3 Å². The fraction of sp³-hybridized carbons (Fsp3) is 0.500. The Morgan fingerprint density at radius 2 is 2.06 bits per heavy atom. The largest absolute Gasteiger partial charge is 0.469 e. The van der Waals surface area contributed by atoms with Crippen LogP contribution in [0.25, 0.3) is 0 Å². The number of hydrogen-bond acceptors (Lipinski definition) is 6. The maximum absolute atomic E-state index is 11.7. The second kappa shape index (κ2) is 6.39. The third kappa shape index (κ3) is 2.81. The molecule has 1 atom stereocenters. The van der Waals surface area contributed by atoms with Crippen LogP contribution in [0, 0.1) is 0 Å². The highest BCUT2D eigenvalue weighted by Crippen LogP contribution is 2.35. The summed E-state index contributed by atoms with van der Waals surface area (Å²) in [7, 11) is 2.64. The molecule has 1 heterocycles. The molecule has 0 amide bonds. The minimum atomic E-state index is -0.491. The number of hydrogen-bond donors (Lipinski definition) is 1. The molecule has 0 aliphatic heterocycles. The molecule has 5 nitrogen and oxygen atoms in total. The molecular weight excluding hydrogens is 254 g/mol. The lowest BCUT2D eigenvalue weighted by Crippen LogP contribution is -2.15. The molecule has 0 saturated heterocycles. The van der Waals surface area contributed by atoms with E-state index in [0.29, 0.717) is 22.5 Å². The summed E-state index contributed by atoms with van der Waals surface area (Å²) in [4.78, 5) is 23.8. The topological polar surface area (TPSA) is 78.6 Å². The Kier molecular flexibility index (Phi) is 5.15. The van der Waals surface area contributed by atoms with Crippen LogP contribution >= 0.6 is 11.3 Å². The molecule has 0 aromatic carbocycles. The van der Waals surface area contributed by atoms with Gasteiger partial charge in [-0.25, -0.2) is 4.79 Å². The summed E-state index contributed by atoms with van der Waals surface area (Å²) in [5.74, 6) is -1.24. The Morgan fingerprint density at radius 3 is 2.56 bits per heavy atom. The zero-order valence-electron chi connectivity index (χ0n) is 10.7. The van der Waals surface area contributed by atoms with Gasteiger partial charge in [-0.05, 0) is 6.42 Å². The smallest absolute Gasteiger partial charge is 0.340 e. The van der Waals surface area contributed by atoms with Crippen LogP contribution in [0.1, 0.15) is 40.9 Å². The van der Waals surface area contributed by atoms with E-state index in [0.717, 1.165) is 6.42 Å². The number of ether oxygens (including phenoxy) is 2. The summed E-state index contributed by atoms with van der Waals surface area (Å²) in [5.41, 5.74) is 6.53. The first kappa shape index (κ1) is 14.5. The third-order valence-corrected chi connectivity index (χ3v) is 3.76. The van der Waals surface area contributed by atoms with Gasteiger partial charge in [-0.3, -0.25) is 4.79 Å². The van der Waals surface area contributed by atoms with Crippen molar-refractivity contribution >= 4 is 29.0 Å². The number of methoxy groups -OCH3 is 2. The molecule has 0 spiro atoms. The maximum atomic E-state index is 11.7. The summed E-state index contributed by atoms with van der Waals surface area (Å²) >= 11 is 1.28. The molecule has 1 aromatic heterocycles. The predicted octanol–water partition coefficient (Wildman–Crippen LogP) is 2.17. The molecule has 100 valence electrons. The maximum Gasteiger partial charge on any atom is 0.340 e. The Bertz CT molecular complexity index is 441. The number of nitrogens with two attached hydrogens (primary N) is 1. The van der Waals surface area contributed by atoms with E-state index < -0.39 is 11.9 Å². The van der Waals surface area contributed by atoms with E-state index in [1.165, 1.54) is 25.6 Å². The van der Waals surface area contributed by atoms with Crippen molar-refractivity contribution in [3.63, 3.8) is 0 Å². The highest BCUT2D eigenvalue weighted by molar-refractivity contribution is 7.11. The van der Waals surface area contributed by atoms with Gasteiger partial charge in [0.05, 0.1) is 31.4 Å². The molecule has 6 heteroatoms. The summed E-state index contributed by atoms with van der Waals surface area (Å²) in [6.07, 6.45) is 1.46. The van der Waals surface area contributed by atoms with Crippen LogP contribution in [0.5, 0.6) is 0 Å². The lowest BCUT2D eigenvalue weighted by molar-refractivity contribution is -0.142. The van der Waals surface area contributed by atoms with Gasteiger partial charge in [0.25, 0.3) is 0 Å². The Hall–Kier alpha value is -1.56. The minimum absolute atomic E-state index is 0.308. The van der Waals surface area contributed by atoms with Crippen molar-refractivity contribution in [3.05, 3.63) is 15.8 Å². The van der Waals surface area contributed by atoms with Crippen molar-refractivity contribution in [3.8, 4) is 0 Å². The van der Waals surface area contributed by atoms with E-state index in [2.05, 4.69) is 4.74 Å². The van der Waals surface area contributed by atoms with E-state index in [1.807, 2.05) is 6.92 Å². The van der Waals surface area contributed by atoms with Crippen LogP contribution in [-0.4, -0.2) is 26.2 Å². The number of anilines is 1. The van der Waals surface area contributed by atoms with Crippen LogP contribution < -0.4 is 5.73 Å². The van der Waals surface area contributed by atoms with Crippen LogP contribution in [0.4, 0.5) is 5.69 Å². The summed E-state index contributed by atoms with van der Waals surface area (Å²) in [5, 5.41) is 1.61. The standard InChI is InChI=1S/C12H17NO4S/c1-4-5-7(11(14)16-2)10-9(13)8(6-18-10)12(15)17-3/h6-7H,4-5,13H2,1-3H3. The zero-order chi connectivity index (χ0) is 13.7. The molecule has 0 aliphatic rings. The lowest BCUT2D eigenvalue weighted by atomic mass is 10.00. The van der Waals surface area contributed by atoms with Gasteiger partial charge in [-0.2, -0.15) is 0 Å². The molecule has 1 unspecified atom stereocenters. The van der Waals surface area contributed by atoms with Gasteiger partial charge in [0.15, 0.2) is 0 Å². The molecule has 0 radical (unpaired) electrons. The first-order chi connectivity index (χ1) is 8.56. The molecule has 0 fully saturated rings. The van der Waals surface area contributed by atoms with Gasteiger partial charge in [-0.1, -0.05) is 13.3 Å². The number of rotatable bonds is 5. The van der Waals surface area contributed by atoms with Crippen LogP contribution in [0.15, 0.2) is 5.38 Å². The van der Waals surface area contributed by atoms with Crippen molar-refractivity contribution < 1.29 is 19.1 Å². The molecule has 0 saturated carbocycles. The highest BCUT2D eigenvalue weighted by atomic mass is 32.1. The monoisotopic (exact) mass is 271 g/mol. The Morgan fingerprint density at radius 1 is 1.39 bits per heavy atom. The van der Waals surface area contributed by atoms with E-state index >= 15 is 0 Å². The second-order valence-electron chi connectivity index (χ2n) is 3.78. The fourth-order valence-corrected chi connectivity index (χ4v) is 2.79.